The lowest BCUT2D eigenvalue weighted by Gasteiger charge is -2.14. The van der Waals surface area contributed by atoms with Crippen LogP contribution in [-0.2, 0) is 10.0 Å². The summed E-state index contributed by atoms with van der Waals surface area (Å²) in [7, 11) is -0.837. The first kappa shape index (κ1) is 16.0. The number of aryl methyl sites for hydroxylation is 1. The molecule has 0 saturated carbocycles. The van der Waals surface area contributed by atoms with E-state index in [1.165, 1.54) is 26.4 Å². The monoisotopic (exact) mass is 322 g/mol. The lowest BCUT2D eigenvalue weighted by molar-refractivity contribution is 0.406. The minimum Gasteiger partial charge on any atom is -0.495 e. The summed E-state index contributed by atoms with van der Waals surface area (Å²) in [6.45, 7) is 1.89. The average Bonchev–Trinajstić information content (AvgIpc) is 2.48. The second kappa shape index (κ2) is 6.15. The van der Waals surface area contributed by atoms with Crippen LogP contribution >= 0.6 is 0 Å². The topological polar surface area (TPSA) is 90.6 Å². The fraction of sp³-hybridized carbons (Fsp3) is 0.200. The maximum Gasteiger partial charge on any atom is 0.262 e. The van der Waals surface area contributed by atoms with E-state index in [2.05, 4.69) is 4.72 Å². The first-order valence-electron chi connectivity index (χ1n) is 6.48. The summed E-state index contributed by atoms with van der Waals surface area (Å²) >= 11 is 0. The zero-order valence-corrected chi connectivity index (χ0v) is 13.4. The molecule has 0 amide bonds. The number of nitrogens with two attached hydrogens (primary N) is 1. The molecule has 0 spiro atoms. The van der Waals surface area contributed by atoms with Gasteiger partial charge in [0.2, 0.25) is 0 Å². The summed E-state index contributed by atoms with van der Waals surface area (Å²) < 4.78 is 37.6. The standard InChI is InChI=1S/C15H18N2O4S/c1-10-4-6-11(7-5-10)22(18,19)17-13-9-14(20-2)12(16)8-15(13)21-3/h4-9,17H,16H2,1-3H3. The van der Waals surface area contributed by atoms with Crippen molar-refractivity contribution in [2.45, 2.75) is 11.8 Å². The number of ether oxygens (including phenoxy) is 2. The van der Waals surface area contributed by atoms with Gasteiger partial charge in [-0.2, -0.15) is 0 Å². The first-order chi connectivity index (χ1) is 10.4. The van der Waals surface area contributed by atoms with E-state index < -0.39 is 10.0 Å². The Bertz CT molecular complexity index is 771. The van der Waals surface area contributed by atoms with Crippen LogP contribution in [0.3, 0.4) is 0 Å². The Hall–Kier alpha value is -2.41. The highest BCUT2D eigenvalue weighted by Gasteiger charge is 2.18. The van der Waals surface area contributed by atoms with Gasteiger partial charge in [-0.25, -0.2) is 8.42 Å². The van der Waals surface area contributed by atoms with Crippen LogP contribution in [0.15, 0.2) is 41.3 Å². The lowest BCUT2D eigenvalue weighted by atomic mass is 10.2. The van der Waals surface area contributed by atoms with Gasteiger partial charge in [-0.1, -0.05) is 17.7 Å². The zero-order valence-electron chi connectivity index (χ0n) is 12.6. The van der Waals surface area contributed by atoms with Crippen molar-refractivity contribution in [3.05, 3.63) is 42.0 Å². The van der Waals surface area contributed by atoms with Crippen LogP contribution in [0.25, 0.3) is 0 Å². The molecule has 2 rings (SSSR count). The molecule has 0 atom stereocenters. The molecule has 0 aromatic heterocycles. The Morgan fingerprint density at radius 3 is 2.14 bits per heavy atom. The second-order valence-electron chi connectivity index (χ2n) is 4.71. The molecule has 0 heterocycles. The second-order valence-corrected chi connectivity index (χ2v) is 6.40. The number of rotatable bonds is 5. The van der Waals surface area contributed by atoms with Crippen molar-refractivity contribution in [2.75, 3.05) is 24.7 Å². The number of nitrogen functional groups attached to an aromatic ring is 1. The maximum absolute atomic E-state index is 12.4. The smallest absolute Gasteiger partial charge is 0.262 e. The molecule has 6 nitrogen and oxygen atoms in total. The molecule has 0 bridgehead atoms. The highest BCUT2D eigenvalue weighted by atomic mass is 32.2. The van der Waals surface area contributed by atoms with E-state index in [9.17, 15) is 8.42 Å². The van der Waals surface area contributed by atoms with Crippen molar-refractivity contribution >= 4 is 21.4 Å². The van der Waals surface area contributed by atoms with E-state index in [1.807, 2.05) is 6.92 Å². The normalized spacial score (nSPS) is 11.0. The fourth-order valence-electron chi connectivity index (χ4n) is 1.92. The quantitative estimate of drug-likeness (QED) is 0.825. The molecule has 0 radical (unpaired) electrons. The van der Waals surface area contributed by atoms with Gasteiger partial charge >= 0.3 is 0 Å². The van der Waals surface area contributed by atoms with Gasteiger partial charge in [-0.15, -0.1) is 0 Å². The highest BCUT2D eigenvalue weighted by molar-refractivity contribution is 7.92. The van der Waals surface area contributed by atoms with Crippen molar-refractivity contribution in [1.82, 2.24) is 0 Å². The SMILES string of the molecule is COc1cc(NS(=O)(=O)c2ccc(C)cc2)c(OC)cc1N. The fourth-order valence-corrected chi connectivity index (χ4v) is 2.98. The Kier molecular flexibility index (Phi) is 4.46. The van der Waals surface area contributed by atoms with Gasteiger partial charge in [0, 0.05) is 12.1 Å². The minimum atomic E-state index is -3.73. The molecule has 0 aliphatic carbocycles. The maximum atomic E-state index is 12.4. The molecule has 22 heavy (non-hydrogen) atoms. The molecular weight excluding hydrogens is 304 g/mol. The predicted octanol–water partition coefficient (Wildman–Crippen LogP) is 2.40. The molecule has 7 heteroatoms. The van der Waals surface area contributed by atoms with Crippen LogP contribution in [0, 0.1) is 6.92 Å². The summed E-state index contributed by atoms with van der Waals surface area (Å²) in [6, 6.07) is 9.54. The molecule has 0 saturated heterocycles. The first-order valence-corrected chi connectivity index (χ1v) is 7.96. The Labute approximate surface area is 129 Å². The summed E-state index contributed by atoms with van der Waals surface area (Å²) in [5.41, 5.74) is 7.38. The molecule has 3 N–H and O–H groups in total. The van der Waals surface area contributed by atoms with Gasteiger partial charge in [0.15, 0.2) is 0 Å². The number of anilines is 2. The summed E-state index contributed by atoms with van der Waals surface area (Å²) in [5.74, 6) is 0.677. The van der Waals surface area contributed by atoms with Gasteiger partial charge in [-0.05, 0) is 19.1 Å². The number of hydrogen-bond acceptors (Lipinski definition) is 5. The zero-order chi connectivity index (χ0) is 16.3. The average molecular weight is 322 g/mol. The number of benzene rings is 2. The molecule has 0 aliphatic rings. The van der Waals surface area contributed by atoms with Crippen molar-refractivity contribution in [2.24, 2.45) is 0 Å². The third-order valence-corrected chi connectivity index (χ3v) is 4.51. The third kappa shape index (κ3) is 3.25. The summed E-state index contributed by atoms with van der Waals surface area (Å²) in [5, 5.41) is 0. The van der Waals surface area contributed by atoms with E-state index in [0.717, 1.165) is 5.56 Å². The number of nitrogens with one attached hydrogen (secondary N) is 1. The van der Waals surface area contributed by atoms with Crippen LogP contribution in [0.1, 0.15) is 5.56 Å². The largest absolute Gasteiger partial charge is 0.495 e. The van der Waals surface area contributed by atoms with E-state index in [1.54, 1.807) is 24.3 Å². The van der Waals surface area contributed by atoms with Crippen molar-refractivity contribution in [3.63, 3.8) is 0 Å². The Morgan fingerprint density at radius 2 is 1.59 bits per heavy atom. The van der Waals surface area contributed by atoms with Crippen LogP contribution in [0.5, 0.6) is 11.5 Å². The lowest BCUT2D eigenvalue weighted by Crippen LogP contribution is -2.14. The highest BCUT2D eigenvalue weighted by Crippen LogP contribution is 2.35. The van der Waals surface area contributed by atoms with Gasteiger partial charge in [-0.3, -0.25) is 4.72 Å². The Morgan fingerprint density at radius 1 is 1.00 bits per heavy atom. The van der Waals surface area contributed by atoms with E-state index in [4.69, 9.17) is 15.2 Å². The van der Waals surface area contributed by atoms with Gasteiger partial charge in [0.05, 0.1) is 30.5 Å². The molecule has 2 aromatic rings. The molecule has 2 aromatic carbocycles. The summed E-state index contributed by atoms with van der Waals surface area (Å²) in [6.07, 6.45) is 0. The van der Waals surface area contributed by atoms with E-state index >= 15 is 0 Å². The Balaban J connectivity index is 2.42. The molecule has 0 unspecified atom stereocenters. The van der Waals surface area contributed by atoms with Crippen LogP contribution in [0.4, 0.5) is 11.4 Å². The number of methoxy groups -OCH3 is 2. The van der Waals surface area contributed by atoms with Gasteiger partial charge < -0.3 is 15.2 Å². The van der Waals surface area contributed by atoms with Gasteiger partial charge in [0.1, 0.15) is 11.5 Å². The third-order valence-electron chi connectivity index (χ3n) is 3.13. The van der Waals surface area contributed by atoms with Gasteiger partial charge in [0.25, 0.3) is 10.0 Å². The van der Waals surface area contributed by atoms with Crippen molar-refractivity contribution in [3.8, 4) is 11.5 Å². The molecule has 0 aliphatic heterocycles. The molecule has 0 fully saturated rings. The van der Waals surface area contributed by atoms with E-state index in [-0.39, 0.29) is 10.6 Å². The molecule has 118 valence electrons. The van der Waals surface area contributed by atoms with E-state index in [0.29, 0.717) is 17.2 Å². The minimum absolute atomic E-state index is 0.163. The van der Waals surface area contributed by atoms with Crippen LogP contribution in [-0.4, -0.2) is 22.6 Å². The summed E-state index contributed by atoms with van der Waals surface area (Å²) in [4.78, 5) is 0.163. The van der Waals surface area contributed by atoms with Crippen LogP contribution in [0.2, 0.25) is 0 Å². The van der Waals surface area contributed by atoms with Crippen molar-refractivity contribution in [1.29, 1.82) is 0 Å². The number of sulfonamides is 1. The number of hydrogen-bond donors (Lipinski definition) is 2. The van der Waals surface area contributed by atoms with Crippen LogP contribution < -0.4 is 19.9 Å². The molecular formula is C15H18N2O4S. The predicted molar refractivity (Wildman–Crippen MR) is 85.9 cm³/mol. The van der Waals surface area contributed by atoms with Crippen molar-refractivity contribution < 1.29 is 17.9 Å².